The molecule has 3 rings (SSSR count). The van der Waals surface area contributed by atoms with Gasteiger partial charge in [-0.05, 0) is 43.1 Å². The third-order valence-electron chi connectivity index (χ3n) is 5.35. The first-order chi connectivity index (χ1) is 13.0. The first-order valence-electron chi connectivity index (χ1n) is 9.81. The summed E-state index contributed by atoms with van der Waals surface area (Å²) in [5.74, 6) is 1.28. The van der Waals surface area contributed by atoms with Gasteiger partial charge >= 0.3 is 0 Å². The number of carbonyl (C=O) groups excluding carboxylic acids is 1. The molecule has 7 heteroatoms. The minimum Gasteiger partial charge on any atom is -0.374 e. The monoisotopic (exact) mass is 392 g/mol. The molecule has 27 heavy (non-hydrogen) atoms. The lowest BCUT2D eigenvalue weighted by atomic mass is 9.89. The highest BCUT2D eigenvalue weighted by Crippen LogP contribution is 2.33. The Hall–Kier alpha value is -1.60. The van der Waals surface area contributed by atoms with Gasteiger partial charge in [-0.2, -0.15) is 0 Å². The van der Waals surface area contributed by atoms with Crippen LogP contribution in [-0.2, 0) is 4.74 Å². The highest BCUT2D eigenvalue weighted by molar-refractivity contribution is 7.99. The van der Waals surface area contributed by atoms with E-state index in [9.17, 15) is 14.9 Å². The number of thioether (sulfide) groups is 1. The Morgan fingerprint density at radius 3 is 2.89 bits per heavy atom. The summed E-state index contributed by atoms with van der Waals surface area (Å²) >= 11 is 1.49. The second kappa shape index (κ2) is 9.06. The topological polar surface area (TPSA) is 72.7 Å². The van der Waals surface area contributed by atoms with Gasteiger partial charge in [0.15, 0.2) is 0 Å². The molecule has 0 spiro atoms. The lowest BCUT2D eigenvalue weighted by Crippen LogP contribution is -2.54. The number of hydrogen-bond acceptors (Lipinski definition) is 5. The second-order valence-electron chi connectivity index (χ2n) is 7.73. The van der Waals surface area contributed by atoms with Crippen molar-refractivity contribution in [3.8, 4) is 0 Å². The number of benzene rings is 1. The van der Waals surface area contributed by atoms with Gasteiger partial charge in [0.05, 0.1) is 28.6 Å². The lowest BCUT2D eigenvalue weighted by molar-refractivity contribution is -0.387. The molecule has 0 radical (unpaired) electrons. The Balaban J connectivity index is 1.78. The van der Waals surface area contributed by atoms with E-state index in [1.165, 1.54) is 17.8 Å². The summed E-state index contributed by atoms with van der Waals surface area (Å²) < 4.78 is 5.84. The maximum absolute atomic E-state index is 13.1. The van der Waals surface area contributed by atoms with Crippen molar-refractivity contribution in [3.05, 3.63) is 33.9 Å². The molecule has 1 aliphatic heterocycles. The number of morpholine rings is 1. The van der Waals surface area contributed by atoms with Crippen molar-refractivity contribution in [2.24, 2.45) is 5.92 Å². The van der Waals surface area contributed by atoms with Gasteiger partial charge in [0.1, 0.15) is 0 Å². The lowest BCUT2D eigenvalue weighted by Gasteiger charge is -2.43. The molecule has 2 atom stereocenters. The molecule has 0 bridgehead atoms. The van der Waals surface area contributed by atoms with E-state index >= 15 is 0 Å². The summed E-state index contributed by atoms with van der Waals surface area (Å²) in [5.41, 5.74) is 0.434. The zero-order valence-electron chi connectivity index (χ0n) is 16.1. The van der Waals surface area contributed by atoms with Gasteiger partial charge in [0.25, 0.3) is 11.6 Å². The number of fused-ring (bicyclic) bond motifs is 1. The normalized spacial score (nSPS) is 22.6. The molecule has 148 valence electrons. The molecule has 1 aliphatic carbocycles. The van der Waals surface area contributed by atoms with Gasteiger partial charge in [-0.25, -0.2) is 0 Å². The number of carbonyl (C=O) groups is 1. The third kappa shape index (κ3) is 4.82. The number of rotatable bonds is 6. The van der Waals surface area contributed by atoms with E-state index in [-0.39, 0.29) is 28.7 Å². The van der Waals surface area contributed by atoms with Crippen molar-refractivity contribution in [2.45, 2.75) is 63.0 Å². The summed E-state index contributed by atoms with van der Waals surface area (Å²) in [7, 11) is 0. The summed E-state index contributed by atoms with van der Waals surface area (Å²) in [6.07, 6.45) is 5.27. The van der Waals surface area contributed by atoms with Gasteiger partial charge in [0.2, 0.25) is 0 Å². The molecule has 1 heterocycles. The standard InChI is InChI=1S/C20H28N2O4S/c1-14(2)9-12-27-19-8-7-15(13-17(19)22(24)25)20(23)21-10-11-26-18-6-4-3-5-16(18)21/h7-8,13-14,16,18H,3-6,9-12H2,1-2H3. The Labute approximate surface area is 164 Å². The van der Waals surface area contributed by atoms with Crippen molar-refractivity contribution < 1.29 is 14.5 Å². The molecule has 1 amide bonds. The Kier molecular flexibility index (Phi) is 6.76. The Bertz CT molecular complexity index is 693. The van der Waals surface area contributed by atoms with Gasteiger partial charge in [-0.15, -0.1) is 11.8 Å². The van der Waals surface area contributed by atoms with E-state index in [0.717, 1.165) is 37.9 Å². The molecule has 0 N–H and O–H groups in total. The van der Waals surface area contributed by atoms with Crippen LogP contribution in [-0.4, -0.2) is 46.8 Å². The number of ether oxygens (including phenoxy) is 1. The van der Waals surface area contributed by atoms with Crippen LogP contribution in [0.4, 0.5) is 5.69 Å². The van der Waals surface area contributed by atoms with Crippen molar-refractivity contribution in [1.29, 1.82) is 0 Å². The number of nitro benzene ring substituents is 1. The molecule has 1 aromatic carbocycles. The molecular formula is C20H28N2O4S. The Morgan fingerprint density at radius 1 is 1.37 bits per heavy atom. The van der Waals surface area contributed by atoms with Crippen molar-refractivity contribution in [2.75, 3.05) is 18.9 Å². The smallest absolute Gasteiger partial charge is 0.283 e. The van der Waals surface area contributed by atoms with Crippen LogP contribution in [0.5, 0.6) is 0 Å². The van der Waals surface area contributed by atoms with E-state index in [1.807, 2.05) is 4.90 Å². The van der Waals surface area contributed by atoms with Gasteiger partial charge in [-0.1, -0.05) is 26.7 Å². The van der Waals surface area contributed by atoms with Crippen molar-refractivity contribution >= 4 is 23.4 Å². The SMILES string of the molecule is CC(C)CCSc1ccc(C(=O)N2CCOC3CCCCC32)cc1[N+](=O)[O-]. The second-order valence-corrected chi connectivity index (χ2v) is 8.87. The molecule has 2 aliphatic rings. The quantitative estimate of drug-likeness (QED) is 0.404. The van der Waals surface area contributed by atoms with Crippen molar-refractivity contribution in [1.82, 2.24) is 4.90 Å². The average molecular weight is 393 g/mol. The van der Waals surface area contributed by atoms with Crippen LogP contribution in [0.2, 0.25) is 0 Å². The fourth-order valence-electron chi connectivity index (χ4n) is 3.83. The highest BCUT2D eigenvalue weighted by atomic mass is 32.2. The molecular weight excluding hydrogens is 364 g/mol. The summed E-state index contributed by atoms with van der Waals surface area (Å²) in [6.45, 7) is 5.37. The van der Waals surface area contributed by atoms with Gasteiger partial charge < -0.3 is 9.64 Å². The maximum Gasteiger partial charge on any atom is 0.283 e. The number of amides is 1. The zero-order chi connectivity index (χ0) is 19.4. The fraction of sp³-hybridized carbons (Fsp3) is 0.650. The average Bonchev–Trinajstić information content (AvgIpc) is 2.66. The van der Waals surface area contributed by atoms with Crippen LogP contribution in [0, 0.1) is 16.0 Å². The van der Waals surface area contributed by atoms with E-state index < -0.39 is 0 Å². The largest absolute Gasteiger partial charge is 0.374 e. The molecule has 1 saturated carbocycles. The summed E-state index contributed by atoms with van der Waals surface area (Å²) in [4.78, 5) is 26.8. The summed E-state index contributed by atoms with van der Waals surface area (Å²) in [5, 5.41) is 11.5. The number of nitro groups is 1. The molecule has 1 saturated heterocycles. The first-order valence-corrected chi connectivity index (χ1v) is 10.8. The van der Waals surface area contributed by atoms with Crippen LogP contribution < -0.4 is 0 Å². The highest BCUT2D eigenvalue weighted by Gasteiger charge is 2.37. The van der Waals surface area contributed by atoms with E-state index in [1.54, 1.807) is 12.1 Å². The van der Waals surface area contributed by atoms with E-state index in [4.69, 9.17) is 4.74 Å². The van der Waals surface area contributed by atoms with Crippen LogP contribution in [0.3, 0.4) is 0 Å². The Morgan fingerprint density at radius 2 is 2.15 bits per heavy atom. The number of hydrogen-bond donors (Lipinski definition) is 0. The van der Waals surface area contributed by atoms with Crippen LogP contribution in [0.1, 0.15) is 56.3 Å². The van der Waals surface area contributed by atoms with E-state index in [2.05, 4.69) is 13.8 Å². The van der Waals surface area contributed by atoms with Gasteiger partial charge in [0, 0.05) is 18.2 Å². The predicted molar refractivity (Wildman–Crippen MR) is 106 cm³/mol. The molecule has 2 unspecified atom stereocenters. The van der Waals surface area contributed by atoms with E-state index in [0.29, 0.717) is 29.5 Å². The predicted octanol–water partition coefficient (Wildman–Crippen LogP) is 4.52. The minimum absolute atomic E-state index is 0.0306. The molecule has 2 fully saturated rings. The van der Waals surface area contributed by atoms with Crippen molar-refractivity contribution in [3.63, 3.8) is 0 Å². The molecule has 1 aromatic rings. The van der Waals surface area contributed by atoms with Crippen LogP contribution >= 0.6 is 11.8 Å². The van der Waals surface area contributed by atoms with Crippen LogP contribution in [0.25, 0.3) is 0 Å². The number of nitrogens with zero attached hydrogens (tertiary/aromatic N) is 2. The fourth-order valence-corrected chi connectivity index (χ4v) is 5.09. The van der Waals surface area contributed by atoms with Gasteiger partial charge in [-0.3, -0.25) is 14.9 Å². The molecule has 0 aromatic heterocycles. The minimum atomic E-state index is -0.378. The van der Waals surface area contributed by atoms with Crippen LogP contribution in [0.15, 0.2) is 23.1 Å². The molecule has 6 nitrogen and oxygen atoms in total. The third-order valence-corrected chi connectivity index (χ3v) is 6.44. The summed E-state index contributed by atoms with van der Waals surface area (Å²) in [6, 6.07) is 5.02. The first kappa shape index (κ1) is 20.1. The maximum atomic E-state index is 13.1. The zero-order valence-corrected chi connectivity index (χ0v) is 16.9.